The lowest BCUT2D eigenvalue weighted by Gasteiger charge is -2.31. The predicted molar refractivity (Wildman–Crippen MR) is 100 cm³/mol. The Bertz CT molecular complexity index is 948. The van der Waals surface area contributed by atoms with Crippen molar-refractivity contribution in [1.29, 1.82) is 0 Å². The number of rotatable bonds is 3. The molecule has 1 N–H and O–H groups in total. The Hall–Kier alpha value is -2.48. The van der Waals surface area contributed by atoms with Gasteiger partial charge in [0.1, 0.15) is 0 Å². The molecule has 0 spiro atoms. The van der Waals surface area contributed by atoms with Crippen molar-refractivity contribution < 1.29 is 4.79 Å². The maximum Gasteiger partial charge on any atom is 0.318 e. The molecule has 0 saturated carbocycles. The summed E-state index contributed by atoms with van der Waals surface area (Å²) in [5, 5.41) is 12.5. The molecule has 3 aromatic heterocycles. The molecule has 4 rings (SSSR count). The molecule has 2 unspecified atom stereocenters. The van der Waals surface area contributed by atoms with Gasteiger partial charge in [-0.2, -0.15) is 0 Å². The van der Waals surface area contributed by atoms with Crippen molar-refractivity contribution in [3.05, 3.63) is 45.8 Å². The Balaban J connectivity index is 1.51. The average Bonchev–Trinajstić information content (AvgIpc) is 3.23. The number of fused-ring (bicyclic) bond motifs is 2. The average molecular weight is 370 g/mol. The number of urea groups is 1. The van der Waals surface area contributed by atoms with E-state index in [1.807, 2.05) is 49.7 Å². The molecular weight excluding hydrogens is 348 g/mol. The van der Waals surface area contributed by atoms with Crippen molar-refractivity contribution in [2.45, 2.75) is 45.2 Å². The Morgan fingerprint density at radius 2 is 2.27 bits per heavy atom. The van der Waals surface area contributed by atoms with E-state index in [2.05, 4.69) is 20.5 Å². The van der Waals surface area contributed by atoms with Gasteiger partial charge in [0, 0.05) is 13.2 Å². The van der Waals surface area contributed by atoms with Gasteiger partial charge in [0.2, 0.25) is 0 Å². The predicted octanol–water partition coefficient (Wildman–Crippen LogP) is 3.27. The van der Waals surface area contributed by atoms with Crippen LogP contribution in [0, 0.1) is 6.92 Å². The lowest BCUT2D eigenvalue weighted by Crippen LogP contribution is -2.41. The van der Waals surface area contributed by atoms with Crippen molar-refractivity contribution in [3.63, 3.8) is 0 Å². The van der Waals surface area contributed by atoms with E-state index in [-0.39, 0.29) is 18.1 Å². The van der Waals surface area contributed by atoms with Crippen molar-refractivity contribution in [2.75, 3.05) is 7.05 Å². The summed E-state index contributed by atoms with van der Waals surface area (Å²) in [6.07, 6.45) is 4.95. The molecule has 2 atom stereocenters. The van der Waals surface area contributed by atoms with Gasteiger partial charge >= 0.3 is 6.03 Å². The van der Waals surface area contributed by atoms with E-state index in [9.17, 15) is 4.79 Å². The van der Waals surface area contributed by atoms with Gasteiger partial charge in [-0.3, -0.25) is 4.40 Å². The first-order chi connectivity index (χ1) is 12.5. The molecule has 3 aromatic rings. The largest absolute Gasteiger partial charge is 0.328 e. The van der Waals surface area contributed by atoms with E-state index in [0.29, 0.717) is 0 Å². The lowest BCUT2D eigenvalue weighted by atomic mass is 9.97. The number of aromatic nitrogens is 4. The molecular formula is C18H22N6OS. The second kappa shape index (κ2) is 6.68. The smallest absolute Gasteiger partial charge is 0.318 e. The number of aryl methyl sites for hydroxylation is 2. The van der Waals surface area contributed by atoms with Crippen LogP contribution in [-0.2, 0) is 6.42 Å². The Morgan fingerprint density at radius 3 is 3.12 bits per heavy atom. The quantitative estimate of drug-likeness (QED) is 0.768. The minimum atomic E-state index is -0.242. The van der Waals surface area contributed by atoms with Crippen LogP contribution in [0.3, 0.4) is 0 Å². The molecule has 0 aliphatic heterocycles. The lowest BCUT2D eigenvalue weighted by molar-refractivity contribution is 0.181. The second-order valence-corrected chi connectivity index (χ2v) is 7.96. The van der Waals surface area contributed by atoms with E-state index in [1.54, 1.807) is 16.2 Å². The van der Waals surface area contributed by atoms with Crippen LogP contribution in [0.2, 0.25) is 0 Å². The van der Waals surface area contributed by atoms with Crippen LogP contribution >= 0.6 is 11.3 Å². The number of nitrogens with zero attached hydrogens (tertiary/aromatic N) is 5. The first-order valence-corrected chi connectivity index (χ1v) is 9.65. The normalized spacial score (nSPS) is 17.7. The molecule has 26 heavy (non-hydrogen) atoms. The van der Waals surface area contributed by atoms with E-state index in [1.165, 1.54) is 4.88 Å². The topological polar surface area (TPSA) is 75.4 Å². The van der Waals surface area contributed by atoms with Gasteiger partial charge in [-0.25, -0.2) is 9.78 Å². The molecule has 0 bridgehead atoms. The third-order valence-corrected chi connectivity index (χ3v) is 6.00. The van der Waals surface area contributed by atoms with E-state index in [0.717, 1.165) is 41.4 Å². The zero-order valence-electron chi connectivity index (χ0n) is 15.1. The molecule has 0 fully saturated rings. The van der Waals surface area contributed by atoms with Crippen molar-refractivity contribution >= 4 is 23.0 Å². The fourth-order valence-corrected chi connectivity index (χ4v) is 4.69. The summed E-state index contributed by atoms with van der Waals surface area (Å²) in [7, 11) is 1.86. The summed E-state index contributed by atoms with van der Waals surface area (Å²) in [5.41, 5.74) is 1.92. The number of nitrogens with one attached hydrogen (secondary N) is 1. The maximum absolute atomic E-state index is 12.8. The molecule has 0 radical (unpaired) electrons. The van der Waals surface area contributed by atoms with Gasteiger partial charge in [0.25, 0.3) is 0 Å². The number of pyridine rings is 1. The highest BCUT2D eigenvalue weighted by atomic mass is 32.1. The zero-order chi connectivity index (χ0) is 18.3. The summed E-state index contributed by atoms with van der Waals surface area (Å²) < 4.78 is 1.90. The van der Waals surface area contributed by atoms with Crippen LogP contribution < -0.4 is 5.32 Å². The molecule has 0 aromatic carbocycles. The number of carbonyl (C=O) groups excluding carboxylic acids is 1. The monoisotopic (exact) mass is 370 g/mol. The highest BCUT2D eigenvalue weighted by Crippen LogP contribution is 2.37. The van der Waals surface area contributed by atoms with Crippen LogP contribution in [-0.4, -0.2) is 37.6 Å². The molecule has 3 heterocycles. The summed E-state index contributed by atoms with van der Waals surface area (Å²) in [4.78, 5) is 20.5. The van der Waals surface area contributed by atoms with Crippen molar-refractivity contribution in [2.24, 2.45) is 0 Å². The number of hydrogen-bond donors (Lipinski definition) is 1. The Morgan fingerprint density at radius 1 is 1.42 bits per heavy atom. The molecule has 2 amide bonds. The standard InChI is InChI=1S/C18H22N6OS/c1-11(17-22-21-15-9-4-5-10-24(15)17)19-18(25)23(3)14-8-6-7-13-16(14)26-12(2)20-13/h4-5,9-11,14H,6-8H2,1-3H3,(H,19,25). The van der Waals surface area contributed by atoms with Gasteiger partial charge in [-0.1, -0.05) is 6.07 Å². The van der Waals surface area contributed by atoms with Crippen LogP contribution in [0.25, 0.3) is 5.65 Å². The summed E-state index contributed by atoms with van der Waals surface area (Å²) >= 11 is 1.70. The summed E-state index contributed by atoms with van der Waals surface area (Å²) in [5.74, 6) is 0.723. The van der Waals surface area contributed by atoms with Crippen molar-refractivity contribution in [3.8, 4) is 0 Å². The van der Waals surface area contributed by atoms with Crippen molar-refractivity contribution in [1.82, 2.24) is 29.8 Å². The fourth-order valence-electron chi connectivity index (χ4n) is 3.54. The van der Waals surface area contributed by atoms with Crippen LogP contribution in [0.1, 0.15) is 53.3 Å². The molecule has 0 saturated heterocycles. The minimum Gasteiger partial charge on any atom is -0.328 e. The second-order valence-electron chi connectivity index (χ2n) is 6.72. The number of hydrogen-bond acceptors (Lipinski definition) is 5. The molecule has 7 nitrogen and oxygen atoms in total. The van der Waals surface area contributed by atoms with E-state index < -0.39 is 0 Å². The third kappa shape index (κ3) is 2.94. The Labute approximate surface area is 156 Å². The number of thiazole rings is 1. The van der Waals surface area contributed by atoms with Crippen LogP contribution in [0.4, 0.5) is 4.79 Å². The number of carbonyl (C=O) groups is 1. The third-order valence-electron chi connectivity index (χ3n) is 4.88. The zero-order valence-corrected chi connectivity index (χ0v) is 16.0. The molecule has 8 heteroatoms. The number of amides is 2. The molecule has 1 aliphatic rings. The first kappa shape index (κ1) is 17.0. The van der Waals surface area contributed by atoms with Crippen LogP contribution in [0.5, 0.6) is 0 Å². The van der Waals surface area contributed by atoms with Gasteiger partial charge in [0.15, 0.2) is 11.5 Å². The van der Waals surface area contributed by atoms with Gasteiger partial charge in [-0.15, -0.1) is 21.5 Å². The fraction of sp³-hybridized carbons (Fsp3) is 0.444. The first-order valence-electron chi connectivity index (χ1n) is 8.84. The summed E-state index contributed by atoms with van der Waals surface area (Å²) in [6.45, 7) is 3.96. The van der Waals surface area contributed by atoms with Crippen LogP contribution in [0.15, 0.2) is 24.4 Å². The molecule has 136 valence electrons. The van der Waals surface area contributed by atoms with E-state index in [4.69, 9.17) is 0 Å². The van der Waals surface area contributed by atoms with Gasteiger partial charge < -0.3 is 10.2 Å². The summed E-state index contributed by atoms with van der Waals surface area (Å²) in [6, 6.07) is 5.49. The van der Waals surface area contributed by atoms with Gasteiger partial charge in [-0.05, 0) is 45.2 Å². The highest BCUT2D eigenvalue weighted by Gasteiger charge is 2.30. The Kier molecular flexibility index (Phi) is 4.36. The minimum absolute atomic E-state index is 0.0901. The highest BCUT2D eigenvalue weighted by molar-refractivity contribution is 7.11. The van der Waals surface area contributed by atoms with E-state index >= 15 is 0 Å². The van der Waals surface area contributed by atoms with Gasteiger partial charge in [0.05, 0.1) is 27.7 Å². The SMILES string of the molecule is Cc1nc2c(s1)C(N(C)C(=O)NC(C)c1nnc3ccccn13)CCC2. The maximum atomic E-state index is 12.8. The molecule has 1 aliphatic carbocycles.